The first-order valence-electron chi connectivity index (χ1n) is 5.51. The van der Waals surface area contributed by atoms with E-state index >= 15 is 0 Å². The molecule has 92 valence electrons. The molecule has 2 unspecified atom stereocenters. The van der Waals surface area contributed by atoms with Gasteiger partial charge >= 0.3 is 0 Å². The van der Waals surface area contributed by atoms with Crippen molar-refractivity contribution >= 4 is 45.8 Å². The summed E-state index contributed by atoms with van der Waals surface area (Å²) in [6.45, 7) is 4.34. The normalized spacial score (nSPS) is 24.4. The van der Waals surface area contributed by atoms with Crippen molar-refractivity contribution in [1.29, 1.82) is 0 Å². The van der Waals surface area contributed by atoms with Crippen LogP contribution in [0.5, 0.6) is 0 Å². The Morgan fingerprint density at radius 1 is 1.35 bits per heavy atom. The highest BCUT2D eigenvalue weighted by atomic mass is 35.5. The number of nitrogens with one attached hydrogen (secondary N) is 1. The van der Waals surface area contributed by atoms with E-state index in [2.05, 4.69) is 24.2 Å². The number of hydrogen-bond acceptors (Lipinski definition) is 3. The number of anilines is 1. The van der Waals surface area contributed by atoms with Crippen LogP contribution in [0.3, 0.4) is 0 Å². The minimum atomic E-state index is 0.361. The molecule has 0 saturated carbocycles. The molecule has 1 N–H and O–H groups in total. The molecule has 0 saturated heterocycles. The van der Waals surface area contributed by atoms with E-state index in [0.29, 0.717) is 21.3 Å². The summed E-state index contributed by atoms with van der Waals surface area (Å²) < 4.78 is 0. The topological polar surface area (TPSA) is 24.4 Å². The molecule has 17 heavy (non-hydrogen) atoms. The third-order valence-electron chi connectivity index (χ3n) is 2.50. The lowest BCUT2D eigenvalue weighted by molar-refractivity contribution is 0.661. The van der Waals surface area contributed by atoms with Gasteiger partial charge in [-0.05, 0) is 31.5 Å². The zero-order valence-electron chi connectivity index (χ0n) is 9.71. The van der Waals surface area contributed by atoms with E-state index in [1.54, 1.807) is 17.8 Å². The smallest absolute Gasteiger partial charge is 0.161 e. The van der Waals surface area contributed by atoms with Crippen LogP contribution in [0.4, 0.5) is 5.69 Å². The van der Waals surface area contributed by atoms with Crippen LogP contribution >= 0.6 is 35.0 Å². The molecule has 0 bridgehead atoms. The summed E-state index contributed by atoms with van der Waals surface area (Å²) in [5.41, 5.74) is 0.851. The minimum Gasteiger partial charge on any atom is -0.334 e. The Labute approximate surface area is 116 Å². The number of nitrogens with zero attached hydrogens (tertiary/aromatic N) is 1. The fourth-order valence-electron chi connectivity index (χ4n) is 1.77. The summed E-state index contributed by atoms with van der Waals surface area (Å²) in [5.74, 6) is 0. The Morgan fingerprint density at radius 2 is 2.12 bits per heavy atom. The molecule has 2 nitrogen and oxygen atoms in total. The van der Waals surface area contributed by atoms with E-state index in [0.717, 1.165) is 17.3 Å². The van der Waals surface area contributed by atoms with Gasteiger partial charge in [-0.25, -0.2) is 0 Å². The molecule has 0 amide bonds. The maximum atomic E-state index is 6.11. The molecule has 0 aliphatic carbocycles. The predicted molar refractivity (Wildman–Crippen MR) is 78.7 cm³/mol. The molecule has 1 aromatic carbocycles. The number of aliphatic imine (C=N–C) groups is 1. The van der Waals surface area contributed by atoms with E-state index in [1.807, 2.05) is 12.1 Å². The number of halogens is 2. The highest BCUT2D eigenvalue weighted by Crippen LogP contribution is 2.30. The van der Waals surface area contributed by atoms with Gasteiger partial charge in [0, 0.05) is 10.3 Å². The van der Waals surface area contributed by atoms with Crippen LogP contribution in [0.15, 0.2) is 23.2 Å². The van der Waals surface area contributed by atoms with Crippen molar-refractivity contribution in [3.8, 4) is 0 Å². The Balaban J connectivity index is 2.15. The van der Waals surface area contributed by atoms with Crippen LogP contribution in [0, 0.1) is 0 Å². The van der Waals surface area contributed by atoms with Crippen LogP contribution in [-0.4, -0.2) is 16.5 Å². The average molecular weight is 289 g/mol. The molecule has 2 rings (SSSR count). The van der Waals surface area contributed by atoms with Gasteiger partial charge in [-0.1, -0.05) is 41.9 Å². The summed E-state index contributed by atoms with van der Waals surface area (Å²) in [4.78, 5) is 4.57. The van der Waals surface area contributed by atoms with Gasteiger partial charge in [0.05, 0.1) is 16.8 Å². The number of rotatable bonds is 1. The van der Waals surface area contributed by atoms with Crippen molar-refractivity contribution in [3.63, 3.8) is 0 Å². The molecule has 0 radical (unpaired) electrons. The van der Waals surface area contributed by atoms with Crippen LogP contribution in [0.1, 0.15) is 20.3 Å². The maximum absolute atomic E-state index is 6.11. The van der Waals surface area contributed by atoms with Gasteiger partial charge in [0.1, 0.15) is 0 Å². The van der Waals surface area contributed by atoms with E-state index in [-0.39, 0.29) is 0 Å². The third-order valence-corrected chi connectivity index (χ3v) is 4.07. The summed E-state index contributed by atoms with van der Waals surface area (Å²) in [6, 6.07) is 5.78. The second kappa shape index (κ2) is 5.51. The molecule has 1 heterocycles. The third kappa shape index (κ3) is 3.54. The minimum absolute atomic E-state index is 0.361. The highest BCUT2D eigenvalue weighted by molar-refractivity contribution is 8.14. The fraction of sp³-hybridized carbons (Fsp3) is 0.417. The van der Waals surface area contributed by atoms with E-state index < -0.39 is 0 Å². The lowest BCUT2D eigenvalue weighted by Crippen LogP contribution is -2.22. The van der Waals surface area contributed by atoms with Crippen molar-refractivity contribution in [2.24, 2.45) is 4.99 Å². The molecule has 2 atom stereocenters. The van der Waals surface area contributed by atoms with Gasteiger partial charge in [0.15, 0.2) is 5.17 Å². The van der Waals surface area contributed by atoms with E-state index in [4.69, 9.17) is 23.2 Å². The summed E-state index contributed by atoms with van der Waals surface area (Å²) >= 11 is 13.7. The van der Waals surface area contributed by atoms with E-state index in [9.17, 15) is 0 Å². The van der Waals surface area contributed by atoms with Crippen molar-refractivity contribution in [2.75, 3.05) is 5.32 Å². The van der Waals surface area contributed by atoms with Gasteiger partial charge in [-0.2, -0.15) is 0 Å². The standard InChI is InChI=1S/C12H14Cl2N2S/c1-7-5-8(2)17-12(15-7)16-11-4-3-9(13)6-10(11)14/h3-4,6-8H,5H2,1-2H3,(H,15,16). The van der Waals surface area contributed by atoms with Crippen molar-refractivity contribution < 1.29 is 0 Å². The molecular weight excluding hydrogens is 275 g/mol. The van der Waals surface area contributed by atoms with Gasteiger partial charge in [0.25, 0.3) is 0 Å². The second-order valence-electron chi connectivity index (χ2n) is 4.20. The Hall–Kier alpha value is -0.380. The molecule has 5 heteroatoms. The Morgan fingerprint density at radius 3 is 2.76 bits per heavy atom. The summed E-state index contributed by atoms with van der Waals surface area (Å²) in [5, 5.41) is 6.03. The molecule has 1 aliphatic heterocycles. The maximum Gasteiger partial charge on any atom is 0.161 e. The number of hydrogen-bond donors (Lipinski definition) is 1. The number of thioether (sulfide) groups is 1. The first-order chi connectivity index (χ1) is 8.04. The van der Waals surface area contributed by atoms with Crippen LogP contribution < -0.4 is 5.32 Å². The number of benzene rings is 1. The van der Waals surface area contributed by atoms with Crippen LogP contribution in [0.25, 0.3) is 0 Å². The van der Waals surface area contributed by atoms with Gasteiger partial charge < -0.3 is 5.32 Å². The van der Waals surface area contributed by atoms with Crippen LogP contribution in [0.2, 0.25) is 10.0 Å². The van der Waals surface area contributed by atoms with Gasteiger partial charge in [0.2, 0.25) is 0 Å². The predicted octanol–water partition coefficient (Wildman–Crippen LogP) is 4.68. The zero-order chi connectivity index (χ0) is 12.4. The SMILES string of the molecule is CC1CC(C)SC(Nc2ccc(Cl)cc2Cl)=N1. The zero-order valence-corrected chi connectivity index (χ0v) is 12.0. The molecular formula is C12H14Cl2N2S. The first kappa shape index (κ1) is 13.1. The molecule has 1 aliphatic rings. The lowest BCUT2D eigenvalue weighted by atomic mass is 10.2. The molecule has 0 fully saturated rings. The van der Waals surface area contributed by atoms with Gasteiger partial charge in [-0.3, -0.25) is 4.99 Å². The van der Waals surface area contributed by atoms with Crippen molar-refractivity contribution in [2.45, 2.75) is 31.6 Å². The monoisotopic (exact) mass is 288 g/mol. The highest BCUT2D eigenvalue weighted by Gasteiger charge is 2.18. The molecule has 1 aromatic rings. The molecule has 0 aromatic heterocycles. The van der Waals surface area contributed by atoms with Crippen LogP contribution in [-0.2, 0) is 0 Å². The average Bonchev–Trinajstić information content (AvgIpc) is 2.21. The Bertz CT molecular complexity index is 448. The Kier molecular flexibility index (Phi) is 4.23. The number of amidine groups is 1. The molecule has 0 spiro atoms. The quantitative estimate of drug-likeness (QED) is 0.812. The van der Waals surface area contributed by atoms with Crippen molar-refractivity contribution in [3.05, 3.63) is 28.2 Å². The first-order valence-corrected chi connectivity index (χ1v) is 7.14. The van der Waals surface area contributed by atoms with Crippen molar-refractivity contribution in [1.82, 2.24) is 0 Å². The van der Waals surface area contributed by atoms with Gasteiger partial charge in [-0.15, -0.1) is 0 Å². The van der Waals surface area contributed by atoms with E-state index in [1.165, 1.54) is 0 Å². The second-order valence-corrected chi connectivity index (χ2v) is 6.47. The fourth-order valence-corrected chi connectivity index (χ4v) is 3.39. The lowest BCUT2D eigenvalue weighted by Gasteiger charge is -2.23. The summed E-state index contributed by atoms with van der Waals surface area (Å²) in [6.07, 6.45) is 1.12. The summed E-state index contributed by atoms with van der Waals surface area (Å²) in [7, 11) is 0. The largest absolute Gasteiger partial charge is 0.334 e.